The van der Waals surface area contributed by atoms with Gasteiger partial charge in [0.15, 0.2) is 0 Å². The van der Waals surface area contributed by atoms with Crippen molar-refractivity contribution in [1.29, 1.82) is 0 Å². The number of carbonyl (C=O) groups excluding carboxylic acids is 1. The van der Waals surface area contributed by atoms with Crippen LogP contribution in [-0.4, -0.2) is 49.4 Å². The van der Waals surface area contributed by atoms with Crippen molar-refractivity contribution in [2.75, 3.05) is 13.1 Å². The van der Waals surface area contributed by atoms with E-state index in [-0.39, 0.29) is 19.0 Å². The summed E-state index contributed by atoms with van der Waals surface area (Å²) in [5, 5.41) is 8.36. The number of halogens is 1. The molecule has 1 heterocycles. The first-order chi connectivity index (χ1) is 5.11. The molecule has 5 nitrogen and oxygen atoms in total. The second-order valence-corrected chi connectivity index (χ2v) is 7.85. The first-order valence-electron chi connectivity index (χ1n) is 3.00. The minimum atomic E-state index is -2.40. The molecule has 0 aliphatic carbocycles. The van der Waals surface area contributed by atoms with Crippen molar-refractivity contribution in [3.63, 3.8) is 0 Å². The number of hydrogen-bond donors (Lipinski definition) is 2. The van der Waals surface area contributed by atoms with Crippen LogP contribution in [0.1, 0.15) is 0 Å². The van der Waals surface area contributed by atoms with E-state index in [1.54, 1.807) is 0 Å². The van der Waals surface area contributed by atoms with Gasteiger partial charge in [-0.2, -0.15) is 0 Å². The Labute approximate surface area is 72.9 Å². The number of nitrogens with zero attached hydrogens (tertiary/aromatic N) is 1. The van der Waals surface area contributed by atoms with Crippen molar-refractivity contribution >= 4 is 37.2 Å². The van der Waals surface area contributed by atoms with Gasteiger partial charge in [0, 0.05) is 0 Å². The van der Waals surface area contributed by atoms with E-state index in [1.165, 1.54) is 3.61 Å². The SMILES string of the molecule is O=C(O)C[N]1C(=O)C[NH][Ga]1[Cl]. The van der Waals surface area contributed by atoms with Crippen LogP contribution < -0.4 is 4.02 Å². The summed E-state index contributed by atoms with van der Waals surface area (Å²) in [6.45, 7) is -0.0680. The molecule has 1 aliphatic heterocycles. The molecule has 0 atom stereocenters. The fourth-order valence-corrected chi connectivity index (χ4v) is 4.72. The van der Waals surface area contributed by atoms with Gasteiger partial charge >= 0.3 is 72.6 Å². The Kier molecular flexibility index (Phi) is 2.82. The van der Waals surface area contributed by atoms with E-state index in [9.17, 15) is 9.59 Å². The summed E-state index contributed by atoms with van der Waals surface area (Å²) in [4.78, 5) is 21.1. The molecule has 2 N–H and O–H groups in total. The Morgan fingerprint density at radius 3 is 2.91 bits per heavy atom. The molecule has 0 bridgehead atoms. The van der Waals surface area contributed by atoms with Crippen LogP contribution in [0.2, 0.25) is 0 Å². The van der Waals surface area contributed by atoms with Gasteiger partial charge in [-0.15, -0.1) is 0 Å². The molecule has 60 valence electrons. The zero-order valence-electron chi connectivity index (χ0n) is 5.58. The number of nitrogens with one attached hydrogen (secondary N) is 1. The van der Waals surface area contributed by atoms with Crippen molar-refractivity contribution in [2.24, 2.45) is 0 Å². The maximum atomic E-state index is 10.9. The van der Waals surface area contributed by atoms with E-state index in [1.807, 2.05) is 0 Å². The molecule has 0 unspecified atom stereocenters. The van der Waals surface area contributed by atoms with Crippen LogP contribution in [0.5, 0.6) is 0 Å². The molecule has 1 aliphatic rings. The van der Waals surface area contributed by atoms with E-state index in [0.717, 1.165) is 0 Å². The summed E-state index contributed by atoms with van der Waals surface area (Å²) < 4.78 is 4.04. The van der Waals surface area contributed by atoms with Crippen LogP contribution in [0.4, 0.5) is 0 Å². The molecule has 1 amide bonds. The Balaban J connectivity index is 2.54. The number of rotatable bonds is 2. The molecule has 0 aromatic heterocycles. The third kappa shape index (κ3) is 2.13. The Morgan fingerprint density at radius 1 is 1.91 bits per heavy atom. The average molecular weight is 235 g/mol. The summed E-state index contributed by atoms with van der Waals surface area (Å²) in [6.07, 6.45) is 0. The van der Waals surface area contributed by atoms with Gasteiger partial charge in [-0.1, -0.05) is 0 Å². The maximum absolute atomic E-state index is 10.9. The van der Waals surface area contributed by atoms with Crippen LogP contribution >= 0.6 is 9.64 Å². The van der Waals surface area contributed by atoms with Gasteiger partial charge in [-0.3, -0.25) is 0 Å². The van der Waals surface area contributed by atoms with Crippen LogP contribution in [0.15, 0.2) is 0 Å². The zero-order chi connectivity index (χ0) is 8.43. The van der Waals surface area contributed by atoms with Crippen molar-refractivity contribution in [3.05, 3.63) is 0 Å². The number of carboxylic acids is 1. The first kappa shape index (κ1) is 8.92. The summed E-state index contributed by atoms with van der Waals surface area (Å²) >= 11 is -2.40. The molecule has 0 radical (unpaired) electrons. The van der Waals surface area contributed by atoms with Crippen molar-refractivity contribution in [1.82, 2.24) is 7.63 Å². The molecule has 0 spiro atoms. The topological polar surface area (TPSA) is 69.6 Å². The summed E-state index contributed by atoms with van der Waals surface area (Å²) in [5.74, 6) is -1.22. The third-order valence-electron chi connectivity index (χ3n) is 1.32. The molecule has 0 aromatic rings. The third-order valence-corrected chi connectivity index (χ3v) is 6.62. The van der Waals surface area contributed by atoms with Crippen LogP contribution in [0.25, 0.3) is 0 Å². The molecule has 1 rings (SSSR count). The van der Waals surface area contributed by atoms with Crippen molar-refractivity contribution < 1.29 is 14.7 Å². The van der Waals surface area contributed by atoms with Gasteiger partial charge in [-0.05, 0) is 0 Å². The minimum absolute atomic E-state index is 0.196. The van der Waals surface area contributed by atoms with Crippen LogP contribution in [0.3, 0.4) is 0 Å². The number of hydrogen-bond acceptors (Lipinski definition) is 3. The van der Waals surface area contributed by atoms with Gasteiger partial charge in [0.1, 0.15) is 0 Å². The summed E-state index contributed by atoms with van der Waals surface area (Å²) in [6, 6.07) is 0. The van der Waals surface area contributed by atoms with Gasteiger partial charge in [0.25, 0.3) is 0 Å². The van der Waals surface area contributed by atoms with Crippen molar-refractivity contribution in [2.45, 2.75) is 0 Å². The van der Waals surface area contributed by atoms with Gasteiger partial charge in [0.2, 0.25) is 0 Å². The van der Waals surface area contributed by atoms with E-state index in [2.05, 4.69) is 4.02 Å². The fraction of sp³-hybridized carbons (Fsp3) is 0.500. The van der Waals surface area contributed by atoms with E-state index in [0.29, 0.717) is 0 Å². The number of carboxylic acid groups (broad SMARTS) is 1. The fourth-order valence-electron chi connectivity index (χ4n) is 0.824. The Bertz CT molecular complexity index is 200. The van der Waals surface area contributed by atoms with Crippen LogP contribution in [-0.2, 0) is 9.59 Å². The van der Waals surface area contributed by atoms with Gasteiger partial charge < -0.3 is 0 Å². The quantitative estimate of drug-likeness (QED) is 0.585. The van der Waals surface area contributed by atoms with E-state index >= 15 is 0 Å². The zero-order valence-corrected chi connectivity index (χ0v) is 8.76. The Morgan fingerprint density at radius 2 is 2.55 bits per heavy atom. The van der Waals surface area contributed by atoms with E-state index < -0.39 is 21.7 Å². The number of aliphatic carboxylic acids is 1. The standard InChI is InChI=1S/C4H7N2O3.ClH.Ga/c5-1-3(7)6-2-4(8)9;;/h5H,1-2H2,(H2,6,7,8,9);1H;/q-1;;+3/p-2. The van der Waals surface area contributed by atoms with Crippen LogP contribution in [0, 0.1) is 0 Å². The van der Waals surface area contributed by atoms with Crippen molar-refractivity contribution in [3.8, 4) is 0 Å². The predicted molar refractivity (Wildman–Crippen MR) is 39.0 cm³/mol. The molecule has 0 saturated carbocycles. The second kappa shape index (κ2) is 3.48. The normalized spacial score (nSPS) is 17.7. The second-order valence-electron chi connectivity index (χ2n) is 2.13. The molecule has 11 heavy (non-hydrogen) atoms. The van der Waals surface area contributed by atoms with Gasteiger partial charge in [0.05, 0.1) is 0 Å². The summed E-state index contributed by atoms with van der Waals surface area (Å²) in [7, 11) is 5.74. The molecule has 1 fully saturated rings. The average Bonchev–Trinajstić information content (AvgIpc) is 2.18. The van der Waals surface area contributed by atoms with Gasteiger partial charge in [-0.25, -0.2) is 0 Å². The molecular formula is C4H6ClGaN2O3. The van der Waals surface area contributed by atoms with E-state index in [4.69, 9.17) is 14.7 Å². The monoisotopic (exact) mass is 234 g/mol. The molecule has 1 saturated heterocycles. The number of amides is 1. The molecule has 0 aromatic carbocycles. The summed E-state index contributed by atoms with van der Waals surface area (Å²) in [5.41, 5.74) is 0. The predicted octanol–water partition coefficient (Wildman–Crippen LogP) is -1.27. The first-order valence-corrected chi connectivity index (χ1v) is 8.48. The molecule has 7 heteroatoms. The molecular weight excluding hydrogens is 229 g/mol. The number of carbonyl (C=O) groups is 2. The Hall–Kier alpha value is -0.174.